The summed E-state index contributed by atoms with van der Waals surface area (Å²) in [5.41, 5.74) is 6.11. The Morgan fingerprint density at radius 1 is 1.20 bits per heavy atom. The average molecular weight is 256 g/mol. The number of aromatic nitrogens is 2. The minimum Gasteiger partial charge on any atom is -0.474 e. The van der Waals surface area contributed by atoms with Crippen molar-refractivity contribution in [2.75, 3.05) is 20.3 Å². The van der Waals surface area contributed by atoms with Crippen molar-refractivity contribution in [3.63, 3.8) is 0 Å². The number of nitrogens with zero attached hydrogens (tertiary/aromatic N) is 2. The summed E-state index contributed by atoms with van der Waals surface area (Å²) in [6.07, 6.45) is 0. The monoisotopic (exact) mass is 255 g/mol. The molecule has 5 nitrogen and oxygen atoms in total. The van der Waals surface area contributed by atoms with Crippen LogP contribution < -0.4 is 10.5 Å². The van der Waals surface area contributed by atoms with E-state index in [9.17, 15) is 0 Å². The van der Waals surface area contributed by atoms with Gasteiger partial charge < -0.3 is 15.2 Å². The molecule has 15 heavy (non-hydrogen) atoms. The van der Waals surface area contributed by atoms with E-state index in [4.69, 9.17) is 15.2 Å². The van der Waals surface area contributed by atoms with E-state index in [2.05, 4.69) is 10.2 Å². The molecule has 1 rings (SSSR count). The average Bonchev–Trinajstić information content (AvgIpc) is 2.19. The molecule has 0 bridgehead atoms. The summed E-state index contributed by atoms with van der Waals surface area (Å²) in [7, 11) is 1.62. The lowest BCUT2D eigenvalue weighted by Crippen LogP contribution is -2.07. The quantitative estimate of drug-likeness (QED) is 0.789. The van der Waals surface area contributed by atoms with E-state index >= 15 is 0 Å². The van der Waals surface area contributed by atoms with Crippen molar-refractivity contribution in [2.24, 2.45) is 5.73 Å². The molecule has 2 N–H and O–H groups in total. The van der Waals surface area contributed by atoms with E-state index in [1.807, 2.05) is 0 Å². The Kier molecular flexibility index (Phi) is 11.1. The summed E-state index contributed by atoms with van der Waals surface area (Å²) >= 11 is 0. The highest BCUT2D eigenvalue weighted by Crippen LogP contribution is 2.03. The van der Waals surface area contributed by atoms with Crippen LogP contribution in [0.15, 0.2) is 12.1 Å². The second-order valence-corrected chi connectivity index (χ2v) is 2.41. The predicted molar refractivity (Wildman–Crippen MR) is 61.8 cm³/mol. The summed E-state index contributed by atoms with van der Waals surface area (Å²) < 4.78 is 10.0. The van der Waals surface area contributed by atoms with Gasteiger partial charge >= 0.3 is 0 Å². The largest absolute Gasteiger partial charge is 0.474 e. The van der Waals surface area contributed by atoms with Gasteiger partial charge in [-0.1, -0.05) is 0 Å². The third-order valence-corrected chi connectivity index (χ3v) is 1.44. The van der Waals surface area contributed by atoms with Gasteiger partial charge in [0.1, 0.15) is 6.61 Å². The maximum Gasteiger partial charge on any atom is 0.233 e. The number of hydrogen-bond acceptors (Lipinski definition) is 5. The molecule has 0 aliphatic carbocycles. The van der Waals surface area contributed by atoms with Crippen molar-refractivity contribution in [1.29, 1.82) is 0 Å². The standard InChI is InChI=1S/C8H13N3O2.2ClH/c1-12-4-5-13-8-3-2-7(6-9)10-11-8;;/h2-3H,4-6,9H2,1H3;2*1H. The van der Waals surface area contributed by atoms with Gasteiger partial charge in [-0.2, -0.15) is 5.10 Å². The lowest BCUT2D eigenvalue weighted by atomic mass is 10.4. The van der Waals surface area contributed by atoms with Crippen LogP contribution in [0.3, 0.4) is 0 Å². The summed E-state index contributed by atoms with van der Waals surface area (Å²) in [6, 6.07) is 3.53. The van der Waals surface area contributed by atoms with Gasteiger partial charge in [0.15, 0.2) is 0 Å². The third-order valence-electron chi connectivity index (χ3n) is 1.44. The summed E-state index contributed by atoms with van der Waals surface area (Å²) in [5.74, 6) is 0.495. The van der Waals surface area contributed by atoms with Crippen LogP contribution in [0, 0.1) is 0 Å². The molecule has 88 valence electrons. The minimum absolute atomic E-state index is 0. The highest BCUT2D eigenvalue weighted by atomic mass is 35.5. The Morgan fingerprint density at radius 3 is 2.40 bits per heavy atom. The third kappa shape index (κ3) is 6.46. The topological polar surface area (TPSA) is 70.3 Å². The van der Waals surface area contributed by atoms with Crippen molar-refractivity contribution in [3.8, 4) is 5.88 Å². The van der Waals surface area contributed by atoms with Gasteiger partial charge in [0.25, 0.3) is 0 Å². The molecular weight excluding hydrogens is 241 g/mol. The molecule has 0 spiro atoms. The zero-order valence-electron chi connectivity index (χ0n) is 8.38. The van der Waals surface area contributed by atoms with Crippen molar-refractivity contribution < 1.29 is 9.47 Å². The van der Waals surface area contributed by atoms with Crippen LogP contribution in [0.25, 0.3) is 0 Å². The molecule has 0 fully saturated rings. The Bertz CT molecular complexity index is 246. The number of halogens is 2. The zero-order chi connectivity index (χ0) is 9.52. The molecule has 0 saturated carbocycles. The van der Waals surface area contributed by atoms with Gasteiger partial charge in [-0.25, -0.2) is 0 Å². The number of methoxy groups -OCH3 is 1. The molecule has 0 atom stereocenters. The highest BCUT2D eigenvalue weighted by Gasteiger charge is 1.96. The molecule has 0 radical (unpaired) electrons. The first kappa shape index (κ1) is 16.8. The van der Waals surface area contributed by atoms with E-state index < -0.39 is 0 Å². The summed E-state index contributed by atoms with van der Waals surface area (Å²) in [6.45, 7) is 1.42. The molecule has 0 saturated heterocycles. The van der Waals surface area contributed by atoms with Crippen molar-refractivity contribution in [2.45, 2.75) is 6.54 Å². The molecule has 1 aromatic rings. The molecule has 0 aliphatic rings. The van der Waals surface area contributed by atoms with E-state index in [0.29, 0.717) is 25.6 Å². The van der Waals surface area contributed by atoms with Crippen LogP contribution in [0.5, 0.6) is 5.88 Å². The van der Waals surface area contributed by atoms with E-state index in [-0.39, 0.29) is 24.8 Å². The number of nitrogens with two attached hydrogens (primary N) is 1. The molecule has 0 aliphatic heterocycles. The molecule has 0 amide bonds. The molecule has 0 aromatic carbocycles. The highest BCUT2D eigenvalue weighted by molar-refractivity contribution is 5.85. The Hall–Kier alpha value is -0.620. The van der Waals surface area contributed by atoms with Crippen LogP contribution in [-0.2, 0) is 11.3 Å². The number of ether oxygens (including phenoxy) is 2. The smallest absolute Gasteiger partial charge is 0.233 e. The van der Waals surface area contributed by atoms with Crippen molar-refractivity contribution >= 4 is 24.8 Å². The fourth-order valence-corrected chi connectivity index (χ4v) is 0.763. The lowest BCUT2D eigenvalue weighted by Gasteiger charge is -2.03. The molecule has 7 heteroatoms. The van der Waals surface area contributed by atoms with Gasteiger partial charge in [0, 0.05) is 19.7 Å². The maximum atomic E-state index is 5.36. The lowest BCUT2D eigenvalue weighted by molar-refractivity contribution is 0.143. The molecule has 1 aromatic heterocycles. The first-order chi connectivity index (χ1) is 6.36. The van der Waals surface area contributed by atoms with Gasteiger partial charge in [-0.05, 0) is 6.07 Å². The SMILES string of the molecule is COCCOc1ccc(CN)nn1.Cl.Cl. The van der Waals surface area contributed by atoms with Crippen LogP contribution in [0.1, 0.15) is 5.69 Å². The van der Waals surface area contributed by atoms with Gasteiger partial charge in [0.05, 0.1) is 12.3 Å². The van der Waals surface area contributed by atoms with Crippen molar-refractivity contribution in [1.82, 2.24) is 10.2 Å². The second kappa shape index (κ2) is 9.92. The normalized spacial score (nSPS) is 8.67. The fourth-order valence-electron chi connectivity index (χ4n) is 0.763. The number of hydrogen-bond donors (Lipinski definition) is 1. The Balaban J connectivity index is 0. The van der Waals surface area contributed by atoms with E-state index in [1.54, 1.807) is 19.2 Å². The predicted octanol–water partition coefficient (Wildman–Crippen LogP) is 0.804. The molecule has 0 unspecified atom stereocenters. The molecule has 1 heterocycles. The van der Waals surface area contributed by atoms with Crippen LogP contribution >= 0.6 is 24.8 Å². The summed E-state index contributed by atoms with van der Waals surface area (Å²) in [4.78, 5) is 0. The first-order valence-corrected chi connectivity index (χ1v) is 4.01. The van der Waals surface area contributed by atoms with Crippen molar-refractivity contribution in [3.05, 3.63) is 17.8 Å². The van der Waals surface area contributed by atoms with Crippen LogP contribution in [0.4, 0.5) is 0 Å². The number of rotatable bonds is 5. The van der Waals surface area contributed by atoms with Crippen LogP contribution in [0.2, 0.25) is 0 Å². The Labute approximate surface area is 101 Å². The zero-order valence-corrected chi connectivity index (χ0v) is 10.0. The van der Waals surface area contributed by atoms with Gasteiger partial charge in [-0.15, -0.1) is 29.9 Å². The van der Waals surface area contributed by atoms with Crippen LogP contribution in [-0.4, -0.2) is 30.5 Å². The fraction of sp³-hybridized carbons (Fsp3) is 0.500. The van der Waals surface area contributed by atoms with E-state index in [0.717, 1.165) is 5.69 Å². The molecular formula is C8H15Cl2N3O2. The van der Waals surface area contributed by atoms with E-state index in [1.165, 1.54) is 0 Å². The first-order valence-electron chi connectivity index (χ1n) is 4.01. The van der Waals surface area contributed by atoms with Gasteiger partial charge in [0.2, 0.25) is 5.88 Å². The maximum absolute atomic E-state index is 5.36. The summed E-state index contributed by atoms with van der Waals surface area (Å²) in [5, 5.41) is 7.65. The van der Waals surface area contributed by atoms with Gasteiger partial charge in [-0.3, -0.25) is 0 Å². The minimum atomic E-state index is 0. The Morgan fingerprint density at radius 2 is 1.93 bits per heavy atom. The second-order valence-electron chi connectivity index (χ2n) is 2.41.